The Kier molecular flexibility index (Phi) is 5.13. The Morgan fingerprint density at radius 1 is 1.10 bits per heavy atom. The summed E-state index contributed by atoms with van der Waals surface area (Å²) in [7, 11) is 0. The van der Waals surface area contributed by atoms with Crippen molar-refractivity contribution in [1.82, 2.24) is 15.5 Å². The Bertz CT molecular complexity index is 404. The molecule has 0 radical (unpaired) electrons. The van der Waals surface area contributed by atoms with Gasteiger partial charge in [0, 0.05) is 31.2 Å². The maximum Gasteiger partial charge on any atom is 0.414 e. The highest BCUT2D eigenvalue weighted by Gasteiger charge is 2.36. The average molecular weight is 299 g/mol. The van der Waals surface area contributed by atoms with Gasteiger partial charge in [0.25, 0.3) is 0 Å². The van der Waals surface area contributed by atoms with E-state index in [2.05, 4.69) is 15.5 Å². The lowest BCUT2D eigenvalue weighted by Gasteiger charge is -2.39. The Balaban J connectivity index is 0.000000232. The fourth-order valence-corrected chi connectivity index (χ4v) is 3.30. The van der Waals surface area contributed by atoms with E-state index in [4.69, 9.17) is 19.8 Å². The van der Waals surface area contributed by atoms with Crippen LogP contribution in [0.4, 0.5) is 0 Å². The first-order chi connectivity index (χ1) is 9.95. The first-order valence-electron chi connectivity index (χ1n) is 7.18. The second-order valence-corrected chi connectivity index (χ2v) is 5.69. The van der Waals surface area contributed by atoms with Gasteiger partial charge in [0.2, 0.25) is 5.91 Å². The Hall–Kier alpha value is -1.67. The number of carboxylic acid groups (broad SMARTS) is 2. The molecule has 3 rings (SSSR count). The number of carbonyl (C=O) groups is 3. The van der Waals surface area contributed by atoms with E-state index in [9.17, 15) is 4.79 Å². The van der Waals surface area contributed by atoms with E-state index in [0.29, 0.717) is 12.6 Å². The van der Waals surface area contributed by atoms with Crippen molar-refractivity contribution < 1.29 is 24.6 Å². The van der Waals surface area contributed by atoms with Crippen molar-refractivity contribution in [3.63, 3.8) is 0 Å². The van der Waals surface area contributed by atoms with Crippen LogP contribution in [0, 0.1) is 0 Å². The third-order valence-electron chi connectivity index (χ3n) is 4.22. The molecule has 0 spiro atoms. The summed E-state index contributed by atoms with van der Waals surface area (Å²) in [6, 6.07) is 2.09. The SMILES string of the molecule is O=C(O)C(=O)O.O=C1CN(C2CC3CCC(C2)N3)CCN1. The van der Waals surface area contributed by atoms with Crippen LogP contribution in [0.1, 0.15) is 25.7 Å². The van der Waals surface area contributed by atoms with Crippen molar-refractivity contribution in [2.45, 2.75) is 43.8 Å². The number of hydrogen-bond acceptors (Lipinski definition) is 5. The van der Waals surface area contributed by atoms with Gasteiger partial charge in [-0.05, 0) is 25.7 Å². The molecule has 3 aliphatic heterocycles. The molecule has 3 aliphatic rings. The molecule has 0 aromatic heterocycles. The maximum atomic E-state index is 11.3. The summed E-state index contributed by atoms with van der Waals surface area (Å²) in [5.74, 6) is -3.45. The number of hydrogen-bond donors (Lipinski definition) is 4. The number of rotatable bonds is 1. The van der Waals surface area contributed by atoms with Gasteiger partial charge in [-0.2, -0.15) is 0 Å². The molecule has 0 aliphatic carbocycles. The smallest absolute Gasteiger partial charge is 0.414 e. The van der Waals surface area contributed by atoms with Gasteiger partial charge in [-0.3, -0.25) is 9.69 Å². The highest BCUT2D eigenvalue weighted by atomic mass is 16.4. The summed E-state index contributed by atoms with van der Waals surface area (Å²) in [6.07, 6.45) is 5.15. The minimum Gasteiger partial charge on any atom is -0.473 e. The lowest BCUT2D eigenvalue weighted by atomic mass is 9.97. The monoisotopic (exact) mass is 299 g/mol. The zero-order valence-corrected chi connectivity index (χ0v) is 11.7. The summed E-state index contributed by atoms with van der Waals surface area (Å²) in [4.78, 5) is 31.9. The fraction of sp³-hybridized carbons (Fsp3) is 0.769. The zero-order chi connectivity index (χ0) is 15.4. The molecule has 2 unspecified atom stereocenters. The lowest BCUT2D eigenvalue weighted by molar-refractivity contribution is -0.159. The second-order valence-electron chi connectivity index (χ2n) is 5.69. The molecule has 0 saturated carbocycles. The highest BCUT2D eigenvalue weighted by Crippen LogP contribution is 2.29. The van der Waals surface area contributed by atoms with Crippen LogP contribution >= 0.6 is 0 Å². The van der Waals surface area contributed by atoms with Gasteiger partial charge in [-0.25, -0.2) is 9.59 Å². The Labute approximate surface area is 122 Å². The van der Waals surface area contributed by atoms with Crippen LogP contribution in [0.5, 0.6) is 0 Å². The fourth-order valence-electron chi connectivity index (χ4n) is 3.30. The van der Waals surface area contributed by atoms with Gasteiger partial charge in [0.05, 0.1) is 6.54 Å². The Morgan fingerprint density at radius 2 is 1.67 bits per heavy atom. The standard InChI is InChI=1S/C11H19N3O.C2H2O4/c15-11-7-14(4-3-12-11)10-5-8-1-2-9(6-10)13-8;3-1(4)2(5)6/h8-10,13H,1-7H2,(H,12,15);(H,3,4)(H,5,6). The van der Waals surface area contributed by atoms with Crippen molar-refractivity contribution in [2.24, 2.45) is 0 Å². The zero-order valence-electron chi connectivity index (χ0n) is 11.7. The first-order valence-corrected chi connectivity index (χ1v) is 7.18. The third kappa shape index (κ3) is 4.40. The van der Waals surface area contributed by atoms with Gasteiger partial charge in [-0.1, -0.05) is 0 Å². The first kappa shape index (κ1) is 15.7. The number of piperidine rings is 1. The quantitative estimate of drug-likeness (QED) is 0.452. The van der Waals surface area contributed by atoms with Crippen molar-refractivity contribution in [1.29, 1.82) is 0 Å². The highest BCUT2D eigenvalue weighted by molar-refractivity contribution is 6.27. The molecule has 3 heterocycles. The van der Waals surface area contributed by atoms with Crippen molar-refractivity contribution in [3.05, 3.63) is 0 Å². The van der Waals surface area contributed by atoms with Crippen LogP contribution < -0.4 is 10.6 Å². The summed E-state index contributed by atoms with van der Waals surface area (Å²) in [5, 5.41) is 21.3. The average Bonchev–Trinajstić information content (AvgIpc) is 2.78. The van der Waals surface area contributed by atoms with Crippen LogP contribution in [-0.4, -0.2) is 70.7 Å². The third-order valence-corrected chi connectivity index (χ3v) is 4.22. The molecule has 4 N–H and O–H groups in total. The molecular formula is C13H21N3O5. The van der Waals surface area contributed by atoms with E-state index >= 15 is 0 Å². The number of nitrogens with zero attached hydrogens (tertiary/aromatic N) is 1. The molecule has 3 fully saturated rings. The Morgan fingerprint density at radius 3 is 2.14 bits per heavy atom. The normalized spacial score (nSPS) is 31.8. The molecule has 1 amide bonds. The van der Waals surface area contributed by atoms with Crippen LogP contribution in [0.25, 0.3) is 0 Å². The van der Waals surface area contributed by atoms with E-state index in [1.165, 1.54) is 25.7 Å². The largest absolute Gasteiger partial charge is 0.473 e. The van der Waals surface area contributed by atoms with Crippen LogP contribution in [0.3, 0.4) is 0 Å². The topological polar surface area (TPSA) is 119 Å². The molecular weight excluding hydrogens is 278 g/mol. The van der Waals surface area contributed by atoms with Crippen LogP contribution in [-0.2, 0) is 14.4 Å². The molecule has 3 saturated heterocycles. The number of fused-ring (bicyclic) bond motifs is 2. The molecule has 118 valence electrons. The molecule has 8 heteroatoms. The van der Waals surface area contributed by atoms with Crippen molar-refractivity contribution in [3.8, 4) is 0 Å². The minimum atomic E-state index is -1.82. The van der Waals surface area contributed by atoms with Gasteiger partial charge >= 0.3 is 11.9 Å². The number of carbonyl (C=O) groups excluding carboxylic acids is 1. The predicted molar refractivity (Wildman–Crippen MR) is 72.8 cm³/mol. The van der Waals surface area contributed by atoms with E-state index in [1.807, 2.05) is 0 Å². The van der Waals surface area contributed by atoms with E-state index < -0.39 is 11.9 Å². The minimum absolute atomic E-state index is 0.201. The lowest BCUT2D eigenvalue weighted by Crippen LogP contribution is -2.55. The number of carboxylic acids is 2. The summed E-state index contributed by atoms with van der Waals surface area (Å²) in [6.45, 7) is 2.48. The van der Waals surface area contributed by atoms with Crippen LogP contribution in [0.2, 0.25) is 0 Å². The summed E-state index contributed by atoms with van der Waals surface area (Å²) < 4.78 is 0. The second kappa shape index (κ2) is 6.86. The molecule has 2 atom stereocenters. The number of piperazine rings is 1. The van der Waals surface area contributed by atoms with Crippen LogP contribution in [0.15, 0.2) is 0 Å². The number of aliphatic carboxylic acids is 2. The summed E-state index contributed by atoms with van der Waals surface area (Å²) >= 11 is 0. The number of amides is 1. The van der Waals surface area contributed by atoms with Gasteiger partial charge < -0.3 is 20.8 Å². The maximum absolute atomic E-state index is 11.3. The summed E-state index contributed by atoms with van der Waals surface area (Å²) in [5.41, 5.74) is 0. The van der Waals surface area contributed by atoms with E-state index in [0.717, 1.165) is 25.2 Å². The molecule has 21 heavy (non-hydrogen) atoms. The van der Waals surface area contributed by atoms with Gasteiger partial charge in [0.1, 0.15) is 0 Å². The van der Waals surface area contributed by atoms with Gasteiger partial charge in [-0.15, -0.1) is 0 Å². The molecule has 2 bridgehead atoms. The van der Waals surface area contributed by atoms with Gasteiger partial charge in [0.15, 0.2) is 0 Å². The number of nitrogens with one attached hydrogen (secondary N) is 2. The molecule has 8 nitrogen and oxygen atoms in total. The van der Waals surface area contributed by atoms with E-state index in [-0.39, 0.29) is 5.91 Å². The van der Waals surface area contributed by atoms with E-state index in [1.54, 1.807) is 0 Å². The molecule has 0 aromatic rings. The van der Waals surface area contributed by atoms with Crippen molar-refractivity contribution in [2.75, 3.05) is 19.6 Å². The molecule has 0 aromatic carbocycles. The van der Waals surface area contributed by atoms with Crippen molar-refractivity contribution >= 4 is 17.8 Å². The predicted octanol–water partition coefficient (Wildman–Crippen LogP) is -1.14.